The largest absolute Gasteiger partial charge is 0.295 e. The SMILES string of the molecule is CC(C)N1[C@@H]2CCC[C@H]1CC(C(C)(C)C)C2. The smallest absolute Gasteiger partial charge is 0.0104 e. The summed E-state index contributed by atoms with van der Waals surface area (Å²) in [4.78, 5) is 2.83. The molecule has 0 aromatic heterocycles. The van der Waals surface area contributed by atoms with Gasteiger partial charge in [0.05, 0.1) is 0 Å². The molecule has 2 heterocycles. The Labute approximate surface area is 102 Å². The van der Waals surface area contributed by atoms with Crippen LogP contribution in [0.25, 0.3) is 0 Å². The summed E-state index contributed by atoms with van der Waals surface area (Å²) in [7, 11) is 0. The second-order valence-electron chi connectivity index (χ2n) is 7.31. The molecule has 1 heteroatoms. The van der Waals surface area contributed by atoms with E-state index in [1.807, 2.05) is 0 Å². The van der Waals surface area contributed by atoms with E-state index in [2.05, 4.69) is 39.5 Å². The van der Waals surface area contributed by atoms with Gasteiger partial charge in [-0.05, 0) is 50.9 Å². The Morgan fingerprint density at radius 3 is 1.88 bits per heavy atom. The van der Waals surface area contributed by atoms with Gasteiger partial charge >= 0.3 is 0 Å². The summed E-state index contributed by atoms with van der Waals surface area (Å²) in [6, 6.07) is 2.52. The molecule has 0 spiro atoms. The minimum Gasteiger partial charge on any atom is -0.295 e. The van der Waals surface area contributed by atoms with E-state index in [4.69, 9.17) is 0 Å². The van der Waals surface area contributed by atoms with Gasteiger partial charge in [-0.15, -0.1) is 0 Å². The van der Waals surface area contributed by atoms with Gasteiger partial charge < -0.3 is 0 Å². The maximum atomic E-state index is 2.83. The third kappa shape index (κ3) is 2.30. The van der Waals surface area contributed by atoms with Crippen LogP contribution in [0.3, 0.4) is 0 Å². The average Bonchev–Trinajstić information content (AvgIpc) is 2.13. The van der Waals surface area contributed by atoms with E-state index in [1.54, 1.807) is 0 Å². The van der Waals surface area contributed by atoms with Crippen LogP contribution < -0.4 is 0 Å². The van der Waals surface area contributed by atoms with Gasteiger partial charge in [0, 0.05) is 18.1 Å². The summed E-state index contributed by atoms with van der Waals surface area (Å²) in [5, 5.41) is 0. The summed E-state index contributed by atoms with van der Waals surface area (Å²) in [6.45, 7) is 12.0. The predicted molar refractivity (Wildman–Crippen MR) is 70.6 cm³/mol. The Kier molecular flexibility index (Phi) is 3.36. The second-order valence-corrected chi connectivity index (χ2v) is 7.31. The molecule has 0 radical (unpaired) electrons. The van der Waals surface area contributed by atoms with Crippen LogP contribution in [0.4, 0.5) is 0 Å². The molecule has 2 bridgehead atoms. The Balaban J connectivity index is 2.12. The van der Waals surface area contributed by atoms with Crippen molar-refractivity contribution in [3.05, 3.63) is 0 Å². The van der Waals surface area contributed by atoms with Crippen molar-refractivity contribution in [2.24, 2.45) is 11.3 Å². The highest BCUT2D eigenvalue weighted by atomic mass is 15.2. The van der Waals surface area contributed by atoms with Gasteiger partial charge in [0.15, 0.2) is 0 Å². The molecule has 2 rings (SSSR count). The second kappa shape index (κ2) is 4.33. The molecule has 1 unspecified atom stereocenters. The van der Waals surface area contributed by atoms with Crippen molar-refractivity contribution in [1.82, 2.24) is 4.90 Å². The Hall–Kier alpha value is -0.0400. The summed E-state index contributed by atoms with van der Waals surface area (Å²) in [5.74, 6) is 0.942. The number of rotatable bonds is 1. The fourth-order valence-corrected chi connectivity index (χ4v) is 3.97. The fourth-order valence-electron chi connectivity index (χ4n) is 3.97. The zero-order chi connectivity index (χ0) is 11.9. The van der Waals surface area contributed by atoms with Crippen molar-refractivity contribution in [2.75, 3.05) is 0 Å². The molecule has 2 aliphatic rings. The third-order valence-electron chi connectivity index (χ3n) is 4.85. The van der Waals surface area contributed by atoms with Crippen LogP contribution in [0.5, 0.6) is 0 Å². The van der Waals surface area contributed by atoms with E-state index in [0.29, 0.717) is 5.41 Å². The zero-order valence-corrected chi connectivity index (χ0v) is 11.8. The molecule has 1 nitrogen and oxygen atoms in total. The van der Waals surface area contributed by atoms with Crippen LogP contribution >= 0.6 is 0 Å². The monoisotopic (exact) mass is 223 g/mol. The highest BCUT2D eigenvalue weighted by Crippen LogP contribution is 2.44. The van der Waals surface area contributed by atoms with E-state index in [-0.39, 0.29) is 0 Å². The third-order valence-corrected chi connectivity index (χ3v) is 4.85. The zero-order valence-electron chi connectivity index (χ0n) is 11.8. The lowest BCUT2D eigenvalue weighted by molar-refractivity contribution is -0.0348. The molecule has 0 saturated carbocycles. The first-order valence-electron chi connectivity index (χ1n) is 7.17. The van der Waals surface area contributed by atoms with Crippen LogP contribution in [-0.4, -0.2) is 23.0 Å². The van der Waals surface area contributed by atoms with Crippen molar-refractivity contribution >= 4 is 0 Å². The van der Waals surface area contributed by atoms with Crippen molar-refractivity contribution in [1.29, 1.82) is 0 Å². The van der Waals surface area contributed by atoms with Crippen molar-refractivity contribution < 1.29 is 0 Å². The minimum atomic E-state index is 0.511. The highest BCUT2D eigenvalue weighted by Gasteiger charge is 2.42. The van der Waals surface area contributed by atoms with Gasteiger partial charge in [-0.3, -0.25) is 4.90 Å². The number of hydrogen-bond donors (Lipinski definition) is 0. The minimum absolute atomic E-state index is 0.511. The first-order chi connectivity index (χ1) is 7.39. The number of nitrogens with zero attached hydrogens (tertiary/aromatic N) is 1. The van der Waals surface area contributed by atoms with Gasteiger partial charge in [0.25, 0.3) is 0 Å². The van der Waals surface area contributed by atoms with Gasteiger partial charge in [0.2, 0.25) is 0 Å². The molecule has 0 aliphatic carbocycles. The predicted octanol–water partition coefficient (Wildman–Crippen LogP) is 4.07. The van der Waals surface area contributed by atoms with E-state index in [1.165, 1.54) is 32.1 Å². The Morgan fingerprint density at radius 2 is 1.50 bits per heavy atom. The molecule has 2 saturated heterocycles. The molecule has 0 amide bonds. The van der Waals surface area contributed by atoms with Crippen molar-refractivity contribution in [3.63, 3.8) is 0 Å². The normalized spacial score (nSPS) is 36.8. The highest BCUT2D eigenvalue weighted by molar-refractivity contribution is 4.96. The van der Waals surface area contributed by atoms with Crippen molar-refractivity contribution in [2.45, 2.75) is 84.8 Å². The summed E-state index contributed by atoms with van der Waals surface area (Å²) in [5.41, 5.74) is 0.511. The van der Waals surface area contributed by atoms with Crippen LogP contribution in [0, 0.1) is 11.3 Å². The Morgan fingerprint density at radius 1 is 1.00 bits per heavy atom. The fraction of sp³-hybridized carbons (Fsp3) is 1.00. The first kappa shape index (κ1) is 12.4. The molecule has 0 aromatic carbocycles. The molecule has 3 atom stereocenters. The molecule has 0 N–H and O–H groups in total. The lowest BCUT2D eigenvalue weighted by Gasteiger charge is -2.53. The lowest BCUT2D eigenvalue weighted by Crippen LogP contribution is -2.56. The molecular formula is C15H29N. The maximum Gasteiger partial charge on any atom is 0.0104 e. The molecule has 94 valence electrons. The quantitative estimate of drug-likeness (QED) is 0.647. The first-order valence-corrected chi connectivity index (χ1v) is 7.17. The van der Waals surface area contributed by atoms with Gasteiger partial charge in [-0.2, -0.15) is 0 Å². The lowest BCUT2D eigenvalue weighted by atomic mass is 9.68. The Bertz CT molecular complexity index is 224. The van der Waals surface area contributed by atoms with Gasteiger partial charge in [0.1, 0.15) is 0 Å². The summed E-state index contributed by atoms with van der Waals surface area (Å²) >= 11 is 0. The molecule has 16 heavy (non-hydrogen) atoms. The number of piperidine rings is 2. The van der Waals surface area contributed by atoms with Crippen LogP contribution in [0.15, 0.2) is 0 Å². The molecule has 2 fully saturated rings. The number of fused-ring (bicyclic) bond motifs is 2. The van der Waals surface area contributed by atoms with E-state index < -0.39 is 0 Å². The van der Waals surface area contributed by atoms with Crippen LogP contribution in [0.1, 0.15) is 66.7 Å². The van der Waals surface area contributed by atoms with Crippen molar-refractivity contribution in [3.8, 4) is 0 Å². The van der Waals surface area contributed by atoms with Gasteiger partial charge in [-0.1, -0.05) is 27.2 Å². The van der Waals surface area contributed by atoms with E-state index in [0.717, 1.165) is 24.0 Å². The van der Waals surface area contributed by atoms with E-state index in [9.17, 15) is 0 Å². The molecule has 0 aromatic rings. The molecule has 2 aliphatic heterocycles. The van der Waals surface area contributed by atoms with Crippen LogP contribution in [-0.2, 0) is 0 Å². The van der Waals surface area contributed by atoms with E-state index >= 15 is 0 Å². The topological polar surface area (TPSA) is 3.24 Å². The van der Waals surface area contributed by atoms with Gasteiger partial charge in [-0.25, -0.2) is 0 Å². The molecular weight excluding hydrogens is 194 g/mol. The maximum absolute atomic E-state index is 2.83. The average molecular weight is 223 g/mol. The summed E-state index contributed by atoms with van der Waals surface area (Å²) in [6.07, 6.45) is 7.24. The van der Waals surface area contributed by atoms with Crippen LogP contribution in [0.2, 0.25) is 0 Å². The standard InChI is InChI=1S/C15H29N/c1-11(2)16-13-7-6-8-14(16)10-12(9-13)15(3,4)5/h11-14H,6-10H2,1-5H3/t12?,13-,14+. The summed E-state index contributed by atoms with van der Waals surface area (Å²) < 4.78 is 0. The number of hydrogen-bond acceptors (Lipinski definition) is 1.